The van der Waals surface area contributed by atoms with Gasteiger partial charge in [-0.15, -0.1) is 0 Å². The van der Waals surface area contributed by atoms with Crippen LogP contribution < -0.4 is 22.8 Å². The molecule has 2 unspecified atom stereocenters. The van der Waals surface area contributed by atoms with E-state index < -0.39 is 36.9 Å². The van der Waals surface area contributed by atoms with Crippen LogP contribution in [0.5, 0.6) is 0 Å². The molecule has 214 valence electrons. The van der Waals surface area contributed by atoms with Crippen molar-refractivity contribution in [2.75, 3.05) is 20.2 Å². The highest BCUT2D eigenvalue weighted by molar-refractivity contribution is 5.91. The number of nitrogens with one attached hydrogen (secondary N) is 1. The first-order valence-electron chi connectivity index (χ1n) is 12.3. The summed E-state index contributed by atoms with van der Waals surface area (Å²) in [6, 6.07) is 6.17. The molecule has 14 heteroatoms. The minimum atomic E-state index is -3.02. The van der Waals surface area contributed by atoms with Crippen molar-refractivity contribution in [2.24, 2.45) is 17.5 Å². The maximum atomic E-state index is 13.1. The van der Waals surface area contributed by atoms with Crippen molar-refractivity contribution < 1.29 is 28.0 Å². The number of rotatable bonds is 6. The number of halogens is 2. The van der Waals surface area contributed by atoms with Gasteiger partial charge in [-0.05, 0) is 37.1 Å². The average molecular weight is 551 g/mol. The van der Waals surface area contributed by atoms with E-state index in [1.54, 1.807) is 17.3 Å². The van der Waals surface area contributed by atoms with Gasteiger partial charge in [-0.3, -0.25) is 19.3 Å². The Hall–Kier alpha value is -3.64. The van der Waals surface area contributed by atoms with Crippen molar-refractivity contribution in [1.82, 2.24) is 20.1 Å². The number of hydrogen-bond acceptors (Lipinski definition) is 10. The monoisotopic (exact) mass is 550 g/mol. The van der Waals surface area contributed by atoms with E-state index in [0.29, 0.717) is 18.7 Å². The summed E-state index contributed by atoms with van der Waals surface area (Å²) in [5, 5.41) is 12.7. The summed E-state index contributed by atoms with van der Waals surface area (Å²) in [5.41, 5.74) is 10.2. The summed E-state index contributed by atoms with van der Waals surface area (Å²) in [6.07, 6.45) is 2.29. The Morgan fingerprint density at radius 3 is 2.67 bits per heavy atom. The second-order valence-electron chi connectivity index (χ2n) is 9.48. The molecule has 0 saturated carbocycles. The molecular formula is C25H36F2N8O4. The zero-order valence-corrected chi connectivity index (χ0v) is 22.1. The van der Waals surface area contributed by atoms with Crippen LogP contribution in [0.3, 0.4) is 0 Å². The molecule has 1 aromatic carbocycles. The molecule has 39 heavy (non-hydrogen) atoms. The van der Waals surface area contributed by atoms with E-state index in [2.05, 4.69) is 40.3 Å². The van der Waals surface area contributed by atoms with Gasteiger partial charge in [0.2, 0.25) is 11.8 Å². The predicted molar refractivity (Wildman–Crippen MR) is 137 cm³/mol. The Kier molecular flexibility index (Phi) is 11.7. The summed E-state index contributed by atoms with van der Waals surface area (Å²) in [5.74, 6) is 7.03. The molecule has 2 fully saturated rings. The van der Waals surface area contributed by atoms with Crippen LogP contribution >= 0.6 is 0 Å². The van der Waals surface area contributed by atoms with Gasteiger partial charge in [-0.25, -0.2) is 20.5 Å². The fourth-order valence-electron chi connectivity index (χ4n) is 4.56. The molecule has 4 rings (SSSR count). The van der Waals surface area contributed by atoms with E-state index in [0.717, 1.165) is 24.3 Å². The lowest BCUT2D eigenvalue weighted by Gasteiger charge is -2.22. The number of alkyl halides is 2. The third-order valence-corrected chi connectivity index (χ3v) is 6.17. The number of carbonyl (C=O) groups is 3. The van der Waals surface area contributed by atoms with E-state index >= 15 is 0 Å². The van der Waals surface area contributed by atoms with Crippen LogP contribution in [-0.4, -0.2) is 71.1 Å². The quantitative estimate of drug-likeness (QED) is 0.217. The number of benzene rings is 1. The predicted octanol–water partition coefficient (Wildman–Crippen LogP) is 0.228. The van der Waals surface area contributed by atoms with Crippen LogP contribution in [0, 0.1) is 11.3 Å². The largest absolute Gasteiger partial charge is 0.399 e. The van der Waals surface area contributed by atoms with Crippen molar-refractivity contribution >= 4 is 18.1 Å². The molecule has 2 saturated heterocycles. The summed E-state index contributed by atoms with van der Waals surface area (Å²) in [4.78, 5) is 39.2. The van der Waals surface area contributed by atoms with Crippen molar-refractivity contribution in [3.63, 3.8) is 0 Å². The highest BCUT2D eigenvalue weighted by Gasteiger charge is 2.49. The molecule has 0 bridgehead atoms. The molecule has 1 aromatic rings. The molecule has 2 atom stereocenters. The van der Waals surface area contributed by atoms with E-state index in [4.69, 9.17) is 27.5 Å². The van der Waals surface area contributed by atoms with E-state index in [-0.39, 0.29) is 18.9 Å². The lowest BCUT2D eigenvalue weighted by Crippen LogP contribution is -2.46. The Labute approximate surface area is 226 Å². The third kappa shape index (κ3) is 9.25. The lowest BCUT2D eigenvalue weighted by molar-refractivity contribution is -0.135. The molecular weight excluding hydrogens is 514 g/mol. The van der Waals surface area contributed by atoms with Gasteiger partial charge in [0.05, 0.1) is 24.9 Å². The average Bonchev–Trinajstić information content (AvgIpc) is 3.55. The number of nitrogens with zero attached hydrogens (tertiary/aromatic N) is 4. The molecule has 0 aliphatic carbocycles. The molecule has 0 spiro atoms. The number of nitrogens with two attached hydrogens (primary N) is 3. The van der Waals surface area contributed by atoms with Crippen LogP contribution in [0.25, 0.3) is 0 Å². The molecule has 3 heterocycles. The fourth-order valence-corrected chi connectivity index (χ4v) is 4.56. The standard InChI is InChI=1S/C13H21N5O.C10H11F2N3O2.C2H4O/c1-17-5-10-3-2-4-11(13(10)8-17)6-18(15)7-12(14)9-19-16;11-10(12)3-6(4-13)15(5-10)9(17)7-1-2-8(16)14-7;1-2-3/h2-4,7H,5-6,8-9,14-16H2,1H3;6-7H,1-3,5H2,(H,14,16);2H,1H3/b12-7-;;. The zero-order chi connectivity index (χ0) is 29.2. The first kappa shape index (κ1) is 31.6. The molecule has 3 aliphatic heterocycles. The van der Waals surface area contributed by atoms with Crippen molar-refractivity contribution in [1.29, 1.82) is 5.26 Å². The Morgan fingerprint density at radius 2 is 2.08 bits per heavy atom. The Morgan fingerprint density at radius 1 is 1.38 bits per heavy atom. The number of likely N-dealkylation sites (tertiary alicyclic amines) is 1. The van der Waals surface area contributed by atoms with Gasteiger partial charge in [-0.2, -0.15) is 5.26 Å². The zero-order valence-electron chi connectivity index (χ0n) is 22.1. The van der Waals surface area contributed by atoms with Gasteiger partial charge in [0.25, 0.3) is 5.92 Å². The molecule has 7 N–H and O–H groups in total. The van der Waals surface area contributed by atoms with Gasteiger partial charge in [0.15, 0.2) is 0 Å². The number of hydrazine groups is 1. The molecule has 0 aromatic heterocycles. The summed E-state index contributed by atoms with van der Waals surface area (Å²) >= 11 is 0. The van der Waals surface area contributed by atoms with Crippen LogP contribution in [0.2, 0.25) is 0 Å². The van der Waals surface area contributed by atoms with Crippen LogP contribution in [0.4, 0.5) is 8.78 Å². The highest BCUT2D eigenvalue weighted by Crippen LogP contribution is 2.32. The number of carbonyl (C=O) groups excluding carboxylic acids is 3. The topological polar surface area (TPSA) is 184 Å². The molecule has 3 aliphatic rings. The number of amides is 2. The molecule has 12 nitrogen and oxygen atoms in total. The fraction of sp³-hybridized carbons (Fsp3) is 0.520. The van der Waals surface area contributed by atoms with E-state index in [9.17, 15) is 18.4 Å². The summed E-state index contributed by atoms with van der Waals surface area (Å²) in [7, 11) is 2.11. The van der Waals surface area contributed by atoms with Gasteiger partial charge >= 0.3 is 0 Å². The maximum Gasteiger partial charge on any atom is 0.268 e. The first-order valence-corrected chi connectivity index (χ1v) is 12.3. The van der Waals surface area contributed by atoms with Crippen LogP contribution in [-0.2, 0) is 38.9 Å². The number of nitriles is 1. The molecule has 0 radical (unpaired) electrons. The van der Waals surface area contributed by atoms with Gasteiger partial charge in [0.1, 0.15) is 25.0 Å². The van der Waals surface area contributed by atoms with Crippen molar-refractivity contribution in [3.05, 3.63) is 46.8 Å². The van der Waals surface area contributed by atoms with Gasteiger partial charge in [0, 0.05) is 32.1 Å². The highest BCUT2D eigenvalue weighted by atomic mass is 19.3. The number of fused-ring (bicyclic) bond motifs is 1. The minimum Gasteiger partial charge on any atom is -0.399 e. The second kappa shape index (κ2) is 14.5. The molecule has 2 amide bonds. The van der Waals surface area contributed by atoms with Crippen molar-refractivity contribution in [3.8, 4) is 6.07 Å². The smallest absolute Gasteiger partial charge is 0.268 e. The SMILES string of the molecule is CC=O.CN1Cc2cccc(CN(N)/C=C(\N)CON)c2C1.N#CC1CC(F)(F)CN1C(=O)C1CCC(=O)N1. The summed E-state index contributed by atoms with van der Waals surface area (Å²) < 4.78 is 26.2. The van der Waals surface area contributed by atoms with E-state index in [1.165, 1.54) is 23.6 Å². The summed E-state index contributed by atoms with van der Waals surface area (Å²) in [6.45, 7) is 3.44. The van der Waals surface area contributed by atoms with Crippen molar-refractivity contribution in [2.45, 2.75) is 63.8 Å². The van der Waals surface area contributed by atoms with Crippen LogP contribution in [0.1, 0.15) is 42.9 Å². The van der Waals surface area contributed by atoms with Crippen LogP contribution in [0.15, 0.2) is 30.1 Å². The maximum absolute atomic E-state index is 13.1. The Balaban J connectivity index is 0.000000250. The van der Waals surface area contributed by atoms with Gasteiger partial charge in [-0.1, -0.05) is 18.2 Å². The van der Waals surface area contributed by atoms with E-state index in [1.807, 2.05) is 0 Å². The van der Waals surface area contributed by atoms with Gasteiger partial charge < -0.3 is 25.8 Å². The minimum absolute atomic E-state index is 0.170. The lowest BCUT2D eigenvalue weighted by atomic mass is 10.0. The Bertz CT molecular complexity index is 1090. The number of hydrogen-bond donors (Lipinski definition) is 4. The second-order valence-corrected chi connectivity index (χ2v) is 9.48. The number of aldehydes is 1. The third-order valence-electron chi connectivity index (χ3n) is 6.17. The first-order chi connectivity index (χ1) is 18.4. The normalized spacial score (nSPS) is 21.5.